The number of aryl methyl sites for hydroxylation is 1. The van der Waals surface area contributed by atoms with Gasteiger partial charge in [-0.15, -0.1) is 10.2 Å². The van der Waals surface area contributed by atoms with Crippen LogP contribution in [-0.4, -0.2) is 60.2 Å². The zero-order chi connectivity index (χ0) is 18.0. The largest absolute Gasteiger partial charge is 0.381 e. The van der Waals surface area contributed by atoms with Gasteiger partial charge in [0.25, 0.3) is 0 Å². The van der Waals surface area contributed by atoms with Crippen molar-refractivity contribution in [3.63, 3.8) is 0 Å². The lowest BCUT2D eigenvalue weighted by molar-refractivity contribution is 0.0203. The Balaban J connectivity index is 1.33. The molecule has 8 nitrogen and oxygen atoms in total. The van der Waals surface area contributed by atoms with Crippen molar-refractivity contribution in [1.29, 1.82) is 0 Å². The molecule has 1 aromatic rings. The summed E-state index contributed by atoms with van der Waals surface area (Å²) in [5, 5.41) is 15.1. The van der Waals surface area contributed by atoms with E-state index in [-0.39, 0.29) is 0 Å². The van der Waals surface area contributed by atoms with Gasteiger partial charge in [-0.25, -0.2) is 4.99 Å². The summed E-state index contributed by atoms with van der Waals surface area (Å²) in [6.07, 6.45) is 5.41. The van der Waals surface area contributed by atoms with Crippen LogP contribution >= 0.6 is 0 Å². The zero-order valence-corrected chi connectivity index (χ0v) is 15.9. The number of aromatic nitrogens is 3. The molecule has 2 aliphatic rings. The summed E-state index contributed by atoms with van der Waals surface area (Å²) in [6, 6.07) is 0. The van der Waals surface area contributed by atoms with Crippen LogP contribution in [0.5, 0.6) is 0 Å². The Hall–Kier alpha value is -1.67. The van der Waals surface area contributed by atoms with E-state index in [0.29, 0.717) is 12.5 Å². The van der Waals surface area contributed by atoms with E-state index in [9.17, 15) is 0 Å². The third-order valence-corrected chi connectivity index (χ3v) is 4.86. The van der Waals surface area contributed by atoms with Gasteiger partial charge in [-0.3, -0.25) is 0 Å². The lowest BCUT2D eigenvalue weighted by Crippen LogP contribution is -2.38. The summed E-state index contributed by atoms with van der Waals surface area (Å²) in [5.74, 6) is 3.54. The molecule has 2 N–H and O–H groups in total. The first-order valence-corrected chi connectivity index (χ1v) is 9.95. The molecule has 8 heteroatoms. The number of fused-ring (bicyclic) bond motifs is 1. The molecule has 0 aliphatic carbocycles. The zero-order valence-electron chi connectivity index (χ0n) is 15.9. The maximum atomic E-state index is 5.81. The number of nitrogens with one attached hydrogen (secondary N) is 2. The van der Waals surface area contributed by atoms with Crippen LogP contribution < -0.4 is 10.6 Å². The summed E-state index contributed by atoms with van der Waals surface area (Å²) in [6.45, 7) is 8.73. The number of rotatable bonds is 9. The van der Waals surface area contributed by atoms with Gasteiger partial charge in [-0.2, -0.15) is 0 Å². The standard InChI is InChI=1S/C18H32N6O2/c1-2-19-18(21-13-17-23-22-16-5-3-9-24(16)17)20-8-4-10-26-14-15-6-11-25-12-7-15/h15H,2-14H2,1H3,(H2,19,20,21). The van der Waals surface area contributed by atoms with Gasteiger partial charge in [0.2, 0.25) is 0 Å². The smallest absolute Gasteiger partial charge is 0.191 e. The van der Waals surface area contributed by atoms with Crippen molar-refractivity contribution in [2.24, 2.45) is 10.9 Å². The van der Waals surface area contributed by atoms with E-state index in [2.05, 4.69) is 37.3 Å². The number of ether oxygens (including phenoxy) is 2. The maximum Gasteiger partial charge on any atom is 0.191 e. The SMILES string of the molecule is CCNC(=NCc1nnc2n1CCC2)NCCCOCC1CCOCC1. The van der Waals surface area contributed by atoms with Crippen LogP contribution in [-0.2, 0) is 29.0 Å². The van der Waals surface area contributed by atoms with Gasteiger partial charge in [-0.05, 0) is 38.5 Å². The van der Waals surface area contributed by atoms with Crippen molar-refractivity contribution in [2.75, 3.05) is 39.5 Å². The molecule has 0 amide bonds. The molecule has 0 saturated carbocycles. The Bertz CT molecular complexity index is 568. The summed E-state index contributed by atoms with van der Waals surface area (Å²) in [4.78, 5) is 4.64. The minimum atomic E-state index is 0.558. The maximum absolute atomic E-state index is 5.81. The number of nitrogens with zero attached hydrogens (tertiary/aromatic N) is 4. The Kier molecular flexibility index (Phi) is 7.69. The second-order valence-corrected chi connectivity index (χ2v) is 6.89. The van der Waals surface area contributed by atoms with Crippen LogP contribution in [0.4, 0.5) is 0 Å². The van der Waals surface area contributed by atoms with E-state index in [0.717, 1.165) is 95.8 Å². The third-order valence-electron chi connectivity index (χ3n) is 4.86. The first-order chi connectivity index (χ1) is 12.9. The van der Waals surface area contributed by atoms with Crippen molar-refractivity contribution in [1.82, 2.24) is 25.4 Å². The van der Waals surface area contributed by atoms with Crippen molar-refractivity contribution >= 4 is 5.96 Å². The van der Waals surface area contributed by atoms with Crippen LogP contribution in [0.15, 0.2) is 4.99 Å². The molecule has 3 heterocycles. The van der Waals surface area contributed by atoms with Gasteiger partial charge in [0.05, 0.1) is 0 Å². The van der Waals surface area contributed by atoms with Gasteiger partial charge < -0.3 is 24.7 Å². The Labute approximate surface area is 155 Å². The van der Waals surface area contributed by atoms with Gasteiger partial charge in [0, 0.05) is 52.5 Å². The highest BCUT2D eigenvalue weighted by atomic mass is 16.5. The molecular formula is C18H32N6O2. The molecule has 1 fully saturated rings. The van der Waals surface area contributed by atoms with E-state index in [1.54, 1.807) is 0 Å². The molecule has 0 bridgehead atoms. The fourth-order valence-electron chi connectivity index (χ4n) is 3.36. The van der Waals surface area contributed by atoms with Crippen molar-refractivity contribution in [3.05, 3.63) is 11.6 Å². The van der Waals surface area contributed by atoms with Gasteiger partial charge in [-0.1, -0.05) is 0 Å². The van der Waals surface area contributed by atoms with E-state index < -0.39 is 0 Å². The molecule has 2 aliphatic heterocycles. The summed E-state index contributed by atoms with van der Waals surface area (Å²) in [7, 11) is 0. The van der Waals surface area contributed by atoms with Crippen LogP contribution in [0.2, 0.25) is 0 Å². The summed E-state index contributed by atoms with van der Waals surface area (Å²) >= 11 is 0. The monoisotopic (exact) mass is 364 g/mol. The van der Waals surface area contributed by atoms with Crippen molar-refractivity contribution < 1.29 is 9.47 Å². The van der Waals surface area contributed by atoms with Crippen LogP contribution in [0.3, 0.4) is 0 Å². The molecule has 0 aromatic carbocycles. The summed E-state index contributed by atoms with van der Waals surface area (Å²) < 4.78 is 13.4. The average molecular weight is 364 g/mol. The minimum Gasteiger partial charge on any atom is -0.381 e. The minimum absolute atomic E-state index is 0.558. The molecule has 0 unspecified atom stereocenters. The fourth-order valence-corrected chi connectivity index (χ4v) is 3.36. The first-order valence-electron chi connectivity index (χ1n) is 9.95. The highest BCUT2D eigenvalue weighted by Gasteiger charge is 2.17. The van der Waals surface area contributed by atoms with Gasteiger partial charge in [0.15, 0.2) is 11.8 Å². The predicted octanol–water partition coefficient (Wildman–Crippen LogP) is 1.11. The number of aliphatic imine (C=N–C) groups is 1. The number of hydrogen-bond donors (Lipinski definition) is 2. The molecular weight excluding hydrogens is 332 g/mol. The van der Waals surface area contributed by atoms with Crippen molar-refractivity contribution in [3.8, 4) is 0 Å². The van der Waals surface area contributed by atoms with Crippen LogP contribution in [0, 0.1) is 5.92 Å². The Morgan fingerprint density at radius 1 is 1.31 bits per heavy atom. The average Bonchev–Trinajstić information content (AvgIpc) is 3.27. The fraction of sp³-hybridized carbons (Fsp3) is 0.833. The second kappa shape index (κ2) is 10.5. The number of guanidine groups is 1. The molecule has 1 aromatic heterocycles. The van der Waals surface area contributed by atoms with Crippen LogP contribution in [0.1, 0.15) is 44.3 Å². The quantitative estimate of drug-likeness (QED) is 0.388. The lowest BCUT2D eigenvalue weighted by atomic mass is 10.0. The molecule has 146 valence electrons. The second-order valence-electron chi connectivity index (χ2n) is 6.89. The topological polar surface area (TPSA) is 85.6 Å². The molecule has 1 saturated heterocycles. The normalized spacial score (nSPS) is 18.1. The van der Waals surface area contributed by atoms with E-state index in [1.807, 2.05) is 0 Å². The van der Waals surface area contributed by atoms with Crippen LogP contribution in [0.25, 0.3) is 0 Å². The Morgan fingerprint density at radius 3 is 3.04 bits per heavy atom. The predicted molar refractivity (Wildman–Crippen MR) is 100 cm³/mol. The van der Waals surface area contributed by atoms with E-state index >= 15 is 0 Å². The molecule has 0 radical (unpaired) electrons. The van der Waals surface area contributed by atoms with E-state index in [4.69, 9.17) is 9.47 Å². The number of hydrogen-bond acceptors (Lipinski definition) is 5. The van der Waals surface area contributed by atoms with Gasteiger partial charge >= 0.3 is 0 Å². The molecule has 3 rings (SSSR count). The molecule has 26 heavy (non-hydrogen) atoms. The highest BCUT2D eigenvalue weighted by molar-refractivity contribution is 5.79. The molecule has 0 spiro atoms. The highest BCUT2D eigenvalue weighted by Crippen LogP contribution is 2.15. The third kappa shape index (κ3) is 5.67. The molecule has 0 atom stereocenters. The Morgan fingerprint density at radius 2 is 2.19 bits per heavy atom. The van der Waals surface area contributed by atoms with Gasteiger partial charge in [0.1, 0.15) is 12.4 Å². The summed E-state index contributed by atoms with van der Waals surface area (Å²) in [5.41, 5.74) is 0. The lowest BCUT2D eigenvalue weighted by Gasteiger charge is -2.21. The van der Waals surface area contributed by atoms with Crippen molar-refractivity contribution in [2.45, 2.75) is 52.1 Å². The first kappa shape index (κ1) is 19.1. The van der Waals surface area contributed by atoms with E-state index in [1.165, 1.54) is 0 Å².